The number of ether oxygens (including phenoxy) is 1. The van der Waals surface area contributed by atoms with Crippen molar-refractivity contribution in [3.8, 4) is 0 Å². The van der Waals surface area contributed by atoms with Gasteiger partial charge in [-0.1, -0.05) is 39.7 Å². The molecule has 0 bridgehead atoms. The van der Waals surface area contributed by atoms with Gasteiger partial charge >= 0.3 is 5.97 Å². The summed E-state index contributed by atoms with van der Waals surface area (Å²) in [5.74, 6) is -0.336. The Bertz CT molecular complexity index is 1100. The molecule has 31 heavy (non-hydrogen) atoms. The number of hydrogen-bond acceptors (Lipinski definition) is 3. The highest BCUT2D eigenvalue weighted by Gasteiger charge is 2.28. The zero-order valence-corrected chi connectivity index (χ0v) is 19.6. The van der Waals surface area contributed by atoms with Crippen molar-refractivity contribution in [2.24, 2.45) is 5.92 Å². The van der Waals surface area contributed by atoms with Gasteiger partial charge in [-0.2, -0.15) is 0 Å². The minimum absolute atomic E-state index is 0.0500. The molecule has 0 aliphatic heterocycles. The first-order chi connectivity index (χ1) is 15.0. The van der Waals surface area contributed by atoms with E-state index in [1.807, 2.05) is 24.4 Å². The molecule has 0 spiro atoms. The number of rotatable bonds is 5. The van der Waals surface area contributed by atoms with E-state index in [0.717, 1.165) is 46.6 Å². The van der Waals surface area contributed by atoms with Crippen LogP contribution >= 0.6 is 27.5 Å². The number of benzene rings is 2. The van der Waals surface area contributed by atoms with Crippen molar-refractivity contribution in [1.29, 1.82) is 0 Å². The van der Waals surface area contributed by atoms with Crippen molar-refractivity contribution in [1.82, 2.24) is 9.88 Å². The predicted octanol–water partition coefficient (Wildman–Crippen LogP) is 5.57. The average Bonchev–Trinajstić information content (AvgIpc) is 3.20. The van der Waals surface area contributed by atoms with Gasteiger partial charge in [0, 0.05) is 33.7 Å². The molecular formula is C24H24BrClN2O3. The molecule has 1 fully saturated rings. The Morgan fingerprint density at radius 2 is 1.81 bits per heavy atom. The SMILES string of the molecule is COC(=O)C1CCC(NC(=O)c2ccc(Cl)c3ccn(Cc4ccc(Br)cc4)c23)CC1. The maximum Gasteiger partial charge on any atom is 0.308 e. The molecule has 4 rings (SSSR count). The number of methoxy groups -OCH3 is 1. The Balaban J connectivity index is 1.55. The molecule has 3 aromatic rings. The first kappa shape index (κ1) is 21.9. The molecule has 1 aliphatic carbocycles. The molecule has 2 aromatic carbocycles. The van der Waals surface area contributed by atoms with Gasteiger partial charge in [-0.15, -0.1) is 0 Å². The van der Waals surface area contributed by atoms with E-state index in [-0.39, 0.29) is 23.8 Å². The molecule has 0 radical (unpaired) electrons. The topological polar surface area (TPSA) is 60.3 Å². The molecule has 1 saturated carbocycles. The Labute approximate surface area is 194 Å². The second kappa shape index (κ2) is 9.45. The molecule has 1 heterocycles. The summed E-state index contributed by atoms with van der Waals surface area (Å²) >= 11 is 9.89. The molecule has 1 aliphatic rings. The predicted molar refractivity (Wildman–Crippen MR) is 125 cm³/mol. The van der Waals surface area contributed by atoms with Crippen LogP contribution in [0, 0.1) is 5.92 Å². The van der Waals surface area contributed by atoms with Crippen molar-refractivity contribution in [2.45, 2.75) is 38.3 Å². The first-order valence-electron chi connectivity index (χ1n) is 10.4. The number of carbonyl (C=O) groups is 2. The minimum Gasteiger partial charge on any atom is -0.469 e. The summed E-state index contributed by atoms with van der Waals surface area (Å²) in [6, 6.07) is 13.7. The number of carbonyl (C=O) groups excluding carboxylic acids is 2. The lowest BCUT2D eigenvalue weighted by Crippen LogP contribution is -2.39. The highest BCUT2D eigenvalue weighted by molar-refractivity contribution is 9.10. The van der Waals surface area contributed by atoms with Crippen LogP contribution in [0.15, 0.2) is 53.1 Å². The third kappa shape index (κ3) is 4.80. The Hall–Kier alpha value is -2.31. The Kier molecular flexibility index (Phi) is 6.68. The standard InChI is InChI=1S/C24H24BrClN2O3/c1-31-24(30)16-4-8-18(9-5-16)27-23(29)20-10-11-21(26)19-12-13-28(22(19)20)14-15-2-6-17(25)7-3-15/h2-3,6-7,10-13,16,18H,4-5,8-9,14H2,1H3,(H,27,29). The average molecular weight is 504 g/mol. The van der Waals surface area contributed by atoms with E-state index in [2.05, 4.69) is 37.9 Å². The smallest absolute Gasteiger partial charge is 0.308 e. The van der Waals surface area contributed by atoms with E-state index in [1.54, 1.807) is 12.1 Å². The van der Waals surface area contributed by atoms with E-state index in [0.29, 0.717) is 17.1 Å². The summed E-state index contributed by atoms with van der Waals surface area (Å²) in [4.78, 5) is 24.9. The minimum atomic E-state index is -0.157. The van der Waals surface area contributed by atoms with E-state index in [9.17, 15) is 9.59 Å². The first-order valence-corrected chi connectivity index (χ1v) is 11.5. The fraction of sp³-hybridized carbons (Fsp3) is 0.333. The number of halogens is 2. The van der Waals surface area contributed by atoms with Gasteiger partial charge in [-0.3, -0.25) is 9.59 Å². The zero-order chi connectivity index (χ0) is 22.0. The fourth-order valence-electron chi connectivity index (χ4n) is 4.30. The quantitative estimate of drug-likeness (QED) is 0.463. The maximum atomic E-state index is 13.2. The lowest BCUT2D eigenvalue weighted by Gasteiger charge is -2.27. The number of esters is 1. The van der Waals surface area contributed by atoms with Crippen LogP contribution in [0.25, 0.3) is 10.9 Å². The summed E-state index contributed by atoms with van der Waals surface area (Å²) in [5, 5.41) is 4.65. The van der Waals surface area contributed by atoms with Crippen LogP contribution in [0.3, 0.4) is 0 Å². The van der Waals surface area contributed by atoms with Crippen molar-refractivity contribution in [3.05, 3.63) is 69.3 Å². The lowest BCUT2D eigenvalue weighted by atomic mass is 9.86. The van der Waals surface area contributed by atoms with Gasteiger partial charge in [0.15, 0.2) is 0 Å². The highest BCUT2D eigenvalue weighted by Crippen LogP contribution is 2.30. The molecule has 1 N–H and O–H groups in total. The summed E-state index contributed by atoms with van der Waals surface area (Å²) in [7, 11) is 1.42. The zero-order valence-electron chi connectivity index (χ0n) is 17.2. The number of nitrogens with zero attached hydrogens (tertiary/aromatic N) is 1. The van der Waals surface area contributed by atoms with Crippen LogP contribution in [0.5, 0.6) is 0 Å². The van der Waals surface area contributed by atoms with Gasteiger partial charge in [0.2, 0.25) is 0 Å². The van der Waals surface area contributed by atoms with E-state index in [1.165, 1.54) is 7.11 Å². The molecule has 1 aromatic heterocycles. The van der Waals surface area contributed by atoms with E-state index >= 15 is 0 Å². The van der Waals surface area contributed by atoms with Crippen molar-refractivity contribution in [2.75, 3.05) is 7.11 Å². The number of hydrogen-bond donors (Lipinski definition) is 1. The monoisotopic (exact) mass is 502 g/mol. The van der Waals surface area contributed by atoms with E-state index < -0.39 is 0 Å². The third-order valence-electron chi connectivity index (χ3n) is 5.98. The number of amides is 1. The van der Waals surface area contributed by atoms with Gasteiger partial charge in [-0.05, 0) is 61.6 Å². The molecule has 0 unspecified atom stereocenters. The molecule has 162 valence electrons. The van der Waals surface area contributed by atoms with Gasteiger partial charge < -0.3 is 14.6 Å². The van der Waals surface area contributed by atoms with Crippen LogP contribution in [-0.4, -0.2) is 29.6 Å². The van der Waals surface area contributed by atoms with Gasteiger partial charge in [0.1, 0.15) is 0 Å². The van der Waals surface area contributed by atoms with Crippen LogP contribution < -0.4 is 5.32 Å². The fourth-order valence-corrected chi connectivity index (χ4v) is 4.78. The summed E-state index contributed by atoms with van der Waals surface area (Å²) in [5.41, 5.74) is 2.57. The summed E-state index contributed by atoms with van der Waals surface area (Å²) < 4.78 is 7.94. The van der Waals surface area contributed by atoms with Crippen LogP contribution in [0.1, 0.15) is 41.6 Å². The normalized spacial score (nSPS) is 18.7. The largest absolute Gasteiger partial charge is 0.469 e. The molecule has 0 atom stereocenters. The van der Waals surface area contributed by atoms with Crippen molar-refractivity contribution < 1.29 is 14.3 Å². The van der Waals surface area contributed by atoms with Gasteiger partial charge in [0.25, 0.3) is 5.91 Å². The molecule has 0 saturated heterocycles. The Morgan fingerprint density at radius 3 is 2.48 bits per heavy atom. The third-order valence-corrected chi connectivity index (χ3v) is 6.84. The Morgan fingerprint density at radius 1 is 1.10 bits per heavy atom. The summed E-state index contributed by atoms with van der Waals surface area (Å²) in [6.45, 7) is 0.641. The highest BCUT2D eigenvalue weighted by atomic mass is 79.9. The molecule has 5 nitrogen and oxygen atoms in total. The molecule has 1 amide bonds. The molecular weight excluding hydrogens is 480 g/mol. The number of aromatic nitrogens is 1. The second-order valence-corrected chi connectivity index (χ2v) is 9.30. The van der Waals surface area contributed by atoms with Crippen LogP contribution in [0.4, 0.5) is 0 Å². The maximum absolute atomic E-state index is 13.2. The second-order valence-electron chi connectivity index (χ2n) is 7.97. The van der Waals surface area contributed by atoms with Crippen molar-refractivity contribution in [3.63, 3.8) is 0 Å². The van der Waals surface area contributed by atoms with Gasteiger partial charge in [0.05, 0.1) is 24.1 Å². The summed E-state index contributed by atoms with van der Waals surface area (Å²) in [6.07, 6.45) is 4.96. The van der Waals surface area contributed by atoms with Crippen molar-refractivity contribution >= 4 is 50.3 Å². The van der Waals surface area contributed by atoms with E-state index in [4.69, 9.17) is 16.3 Å². The number of nitrogens with one attached hydrogen (secondary N) is 1. The van der Waals surface area contributed by atoms with Crippen LogP contribution in [-0.2, 0) is 16.1 Å². The number of fused-ring (bicyclic) bond motifs is 1. The molecule has 7 heteroatoms. The lowest BCUT2D eigenvalue weighted by molar-refractivity contribution is -0.146. The van der Waals surface area contributed by atoms with Crippen LogP contribution in [0.2, 0.25) is 5.02 Å². The van der Waals surface area contributed by atoms with Gasteiger partial charge in [-0.25, -0.2) is 0 Å².